The molecule has 0 saturated heterocycles. The zero-order valence-corrected chi connectivity index (χ0v) is 17.6. The van der Waals surface area contributed by atoms with Crippen LogP contribution in [0, 0.1) is 0 Å². The highest BCUT2D eigenvalue weighted by atomic mass is 32.2. The predicted octanol–water partition coefficient (Wildman–Crippen LogP) is 2.88. The second kappa shape index (κ2) is 8.64. The number of rotatable bonds is 7. The summed E-state index contributed by atoms with van der Waals surface area (Å²) in [4.78, 5) is 34.9. The Labute approximate surface area is 173 Å². The fraction of sp³-hybridized carbons (Fsp3) is 0.333. The van der Waals surface area contributed by atoms with E-state index < -0.39 is 0 Å². The number of benzene rings is 1. The summed E-state index contributed by atoms with van der Waals surface area (Å²) in [6.07, 6.45) is 0.784. The Morgan fingerprint density at radius 3 is 3.04 bits per heavy atom. The average molecular weight is 435 g/mol. The first kappa shape index (κ1) is 19.4. The van der Waals surface area contributed by atoms with Crippen LogP contribution < -0.4 is 10.9 Å². The van der Waals surface area contributed by atoms with Gasteiger partial charge in [0.1, 0.15) is 0 Å². The van der Waals surface area contributed by atoms with E-state index >= 15 is 0 Å². The van der Waals surface area contributed by atoms with Gasteiger partial charge in [0.25, 0.3) is 5.56 Å². The van der Waals surface area contributed by atoms with Crippen LogP contribution in [0.4, 0.5) is 5.13 Å². The number of methoxy groups -OCH3 is 1. The van der Waals surface area contributed by atoms with E-state index in [0.29, 0.717) is 23.4 Å². The normalized spacial score (nSPS) is 13.0. The monoisotopic (exact) mass is 434 g/mol. The van der Waals surface area contributed by atoms with Gasteiger partial charge in [-0.2, -0.15) is 0 Å². The van der Waals surface area contributed by atoms with Crippen molar-refractivity contribution in [2.45, 2.75) is 23.0 Å². The second-order valence-corrected chi connectivity index (χ2v) is 9.12. The Kier molecular flexibility index (Phi) is 6.00. The number of fused-ring (bicyclic) bond motifs is 2. The van der Waals surface area contributed by atoms with Crippen LogP contribution in [0.5, 0.6) is 0 Å². The van der Waals surface area contributed by atoms with Crippen LogP contribution in [0.2, 0.25) is 0 Å². The van der Waals surface area contributed by atoms with Crippen molar-refractivity contribution in [2.24, 2.45) is 0 Å². The SMILES string of the molecule is COCCn1c(SCC(=O)Nc2nc3ccccc3s2)nc2c(c1=O)SCC2. The number of nitrogens with zero attached hydrogens (tertiary/aromatic N) is 3. The number of ether oxygens (including phenoxy) is 1. The number of thioether (sulfide) groups is 2. The van der Waals surface area contributed by atoms with Crippen LogP contribution >= 0.6 is 34.9 Å². The average Bonchev–Trinajstić information content (AvgIpc) is 3.32. The highest BCUT2D eigenvalue weighted by molar-refractivity contribution is 8.00. The molecule has 2 aromatic heterocycles. The van der Waals surface area contributed by atoms with Crippen LogP contribution in [0.3, 0.4) is 0 Å². The first-order valence-electron chi connectivity index (χ1n) is 8.69. The fourth-order valence-electron chi connectivity index (χ4n) is 2.82. The molecular weight excluding hydrogens is 416 g/mol. The number of hydrogen-bond acceptors (Lipinski definition) is 8. The van der Waals surface area contributed by atoms with Crippen molar-refractivity contribution >= 4 is 56.1 Å². The van der Waals surface area contributed by atoms with Gasteiger partial charge in [-0.15, -0.1) is 11.8 Å². The quantitative estimate of drug-likeness (QED) is 0.452. The van der Waals surface area contributed by atoms with Crippen LogP contribution in [0.25, 0.3) is 10.2 Å². The number of carbonyl (C=O) groups excluding carboxylic acids is 1. The molecule has 0 atom stereocenters. The highest BCUT2D eigenvalue weighted by Gasteiger charge is 2.22. The molecular formula is C18H18N4O3S3. The number of carbonyl (C=O) groups is 1. The summed E-state index contributed by atoms with van der Waals surface area (Å²) >= 11 is 4.25. The van der Waals surface area contributed by atoms with E-state index in [1.54, 1.807) is 23.4 Å². The summed E-state index contributed by atoms with van der Waals surface area (Å²) in [7, 11) is 1.60. The van der Waals surface area contributed by atoms with Gasteiger partial charge in [0.05, 0.1) is 39.7 Å². The molecule has 1 amide bonds. The van der Waals surface area contributed by atoms with Gasteiger partial charge >= 0.3 is 0 Å². The van der Waals surface area contributed by atoms with Crippen molar-refractivity contribution in [1.29, 1.82) is 0 Å². The van der Waals surface area contributed by atoms with Gasteiger partial charge in [-0.05, 0) is 12.1 Å². The van der Waals surface area contributed by atoms with Crippen molar-refractivity contribution in [1.82, 2.24) is 14.5 Å². The minimum atomic E-state index is -0.175. The van der Waals surface area contributed by atoms with Gasteiger partial charge in [-0.25, -0.2) is 9.97 Å². The molecule has 3 aromatic rings. The third-order valence-electron chi connectivity index (χ3n) is 4.14. The summed E-state index contributed by atoms with van der Waals surface area (Å²) < 4.78 is 7.75. The van der Waals surface area contributed by atoms with Crippen molar-refractivity contribution < 1.29 is 9.53 Å². The lowest BCUT2D eigenvalue weighted by Crippen LogP contribution is -2.27. The molecule has 0 saturated carbocycles. The van der Waals surface area contributed by atoms with Crippen LogP contribution in [-0.4, -0.2) is 45.7 Å². The Morgan fingerprint density at radius 1 is 1.36 bits per heavy atom. The van der Waals surface area contributed by atoms with Gasteiger partial charge in [-0.3, -0.25) is 14.2 Å². The number of aromatic nitrogens is 3. The molecule has 0 bridgehead atoms. The zero-order valence-electron chi connectivity index (χ0n) is 15.1. The topological polar surface area (TPSA) is 86.1 Å². The van der Waals surface area contributed by atoms with Gasteiger partial charge < -0.3 is 10.1 Å². The minimum absolute atomic E-state index is 0.0429. The van der Waals surface area contributed by atoms with Crippen molar-refractivity contribution in [3.05, 3.63) is 40.3 Å². The number of aryl methyl sites for hydroxylation is 1. The first-order valence-corrected chi connectivity index (χ1v) is 11.5. The summed E-state index contributed by atoms with van der Waals surface area (Å²) in [6.45, 7) is 0.828. The molecule has 0 radical (unpaired) electrons. The second-order valence-electron chi connectivity index (χ2n) is 6.04. The maximum atomic E-state index is 12.7. The number of amides is 1. The van der Waals surface area contributed by atoms with E-state index in [2.05, 4.69) is 15.3 Å². The molecule has 0 unspecified atom stereocenters. The molecule has 0 aliphatic carbocycles. The van der Waals surface area contributed by atoms with E-state index in [1.165, 1.54) is 23.1 Å². The lowest BCUT2D eigenvalue weighted by Gasteiger charge is -2.13. The Morgan fingerprint density at radius 2 is 2.21 bits per heavy atom. The zero-order chi connectivity index (χ0) is 19.5. The van der Waals surface area contributed by atoms with E-state index in [4.69, 9.17) is 4.74 Å². The van der Waals surface area contributed by atoms with Crippen molar-refractivity contribution in [3.63, 3.8) is 0 Å². The van der Waals surface area contributed by atoms with Gasteiger partial charge in [-0.1, -0.05) is 35.2 Å². The molecule has 1 aliphatic heterocycles. The molecule has 1 aliphatic rings. The van der Waals surface area contributed by atoms with Gasteiger partial charge in [0.2, 0.25) is 5.91 Å². The lowest BCUT2D eigenvalue weighted by molar-refractivity contribution is -0.113. The lowest BCUT2D eigenvalue weighted by atomic mass is 10.3. The highest BCUT2D eigenvalue weighted by Crippen LogP contribution is 2.29. The molecule has 1 aromatic carbocycles. The molecule has 28 heavy (non-hydrogen) atoms. The van der Waals surface area contributed by atoms with E-state index in [1.807, 2.05) is 24.3 Å². The van der Waals surface area contributed by atoms with E-state index in [0.717, 1.165) is 33.0 Å². The Balaban J connectivity index is 1.48. The maximum absolute atomic E-state index is 12.7. The number of anilines is 1. The molecule has 0 fully saturated rings. The summed E-state index contributed by atoms with van der Waals surface area (Å²) in [5, 5.41) is 3.96. The van der Waals surface area contributed by atoms with Gasteiger partial charge in [0.15, 0.2) is 10.3 Å². The summed E-state index contributed by atoms with van der Waals surface area (Å²) in [5.74, 6) is 0.849. The van der Waals surface area contributed by atoms with Gasteiger partial charge in [0, 0.05) is 19.3 Å². The van der Waals surface area contributed by atoms with Crippen LogP contribution in [-0.2, 0) is 22.5 Å². The van der Waals surface area contributed by atoms with Crippen molar-refractivity contribution in [2.75, 3.05) is 30.5 Å². The minimum Gasteiger partial charge on any atom is -0.383 e. The van der Waals surface area contributed by atoms with E-state index in [9.17, 15) is 9.59 Å². The molecule has 7 nitrogen and oxygen atoms in total. The smallest absolute Gasteiger partial charge is 0.268 e. The maximum Gasteiger partial charge on any atom is 0.268 e. The molecule has 4 rings (SSSR count). The molecule has 10 heteroatoms. The van der Waals surface area contributed by atoms with Crippen LogP contribution in [0.15, 0.2) is 39.1 Å². The number of para-hydroxylation sites is 1. The third kappa shape index (κ3) is 4.09. The predicted molar refractivity (Wildman–Crippen MR) is 114 cm³/mol. The Bertz CT molecular complexity index is 1050. The van der Waals surface area contributed by atoms with Crippen molar-refractivity contribution in [3.8, 4) is 0 Å². The van der Waals surface area contributed by atoms with E-state index in [-0.39, 0.29) is 17.2 Å². The molecule has 1 N–H and O–H groups in total. The number of nitrogens with one attached hydrogen (secondary N) is 1. The summed E-state index contributed by atoms with van der Waals surface area (Å²) in [6, 6.07) is 7.75. The van der Waals surface area contributed by atoms with Crippen LogP contribution in [0.1, 0.15) is 5.69 Å². The Hall–Kier alpha value is -1.88. The molecule has 146 valence electrons. The third-order valence-corrected chi connectivity index (χ3v) is 7.18. The number of hydrogen-bond donors (Lipinski definition) is 1. The standard InChI is InChI=1S/C18H18N4O3S3/c1-25-8-7-22-16(24)15-12(6-9-26-15)20-18(22)27-10-14(23)21-17-19-11-4-2-3-5-13(11)28-17/h2-5H,6-10H2,1H3,(H,19,21,23). The fourth-order valence-corrected chi connectivity index (χ4v) is 5.59. The largest absolute Gasteiger partial charge is 0.383 e. The molecule has 0 spiro atoms. The molecule has 3 heterocycles. The number of thiazole rings is 1. The first-order chi connectivity index (χ1) is 13.7. The summed E-state index contributed by atoms with van der Waals surface area (Å²) in [5.41, 5.74) is 1.65.